The molecule has 0 aliphatic carbocycles. The second-order valence-electron chi connectivity index (χ2n) is 4.77. The summed E-state index contributed by atoms with van der Waals surface area (Å²) in [6, 6.07) is 9.28. The van der Waals surface area contributed by atoms with Crippen molar-refractivity contribution in [3.05, 3.63) is 46.1 Å². The standard InChI is InChI=1S/C16H16N2O3S2/c1-18-15(19)13-7-9-22-14(13)17-16(18)23-10-8-21-12-5-3-11(20-2)4-6-12/h3-7,9H,8,10H2,1-2H3. The lowest BCUT2D eigenvalue weighted by Gasteiger charge is -2.08. The van der Waals surface area contributed by atoms with Gasteiger partial charge in [-0.2, -0.15) is 0 Å². The minimum Gasteiger partial charge on any atom is -0.497 e. The van der Waals surface area contributed by atoms with Gasteiger partial charge in [-0.3, -0.25) is 9.36 Å². The molecule has 0 bridgehead atoms. The number of rotatable bonds is 6. The van der Waals surface area contributed by atoms with Gasteiger partial charge in [0.1, 0.15) is 16.3 Å². The average Bonchev–Trinajstić information content (AvgIpc) is 3.05. The SMILES string of the molecule is COc1ccc(OCCSc2nc3sccc3c(=O)n2C)cc1. The maximum Gasteiger partial charge on any atom is 0.262 e. The minimum absolute atomic E-state index is 0.00479. The molecule has 0 saturated heterocycles. The van der Waals surface area contributed by atoms with Crippen molar-refractivity contribution < 1.29 is 9.47 Å². The van der Waals surface area contributed by atoms with Crippen LogP contribution in [0, 0.1) is 0 Å². The van der Waals surface area contributed by atoms with Gasteiger partial charge >= 0.3 is 0 Å². The Hall–Kier alpha value is -1.99. The van der Waals surface area contributed by atoms with Crippen LogP contribution in [-0.4, -0.2) is 29.0 Å². The largest absolute Gasteiger partial charge is 0.497 e. The van der Waals surface area contributed by atoms with Crippen molar-refractivity contribution in [2.24, 2.45) is 7.05 Å². The Morgan fingerprint density at radius 3 is 2.70 bits per heavy atom. The van der Waals surface area contributed by atoms with Gasteiger partial charge in [0.25, 0.3) is 5.56 Å². The minimum atomic E-state index is -0.00479. The summed E-state index contributed by atoms with van der Waals surface area (Å²) in [5.74, 6) is 2.31. The van der Waals surface area contributed by atoms with Gasteiger partial charge in [-0.25, -0.2) is 4.98 Å². The van der Waals surface area contributed by atoms with E-state index in [0.29, 0.717) is 22.9 Å². The topological polar surface area (TPSA) is 53.4 Å². The predicted molar refractivity (Wildman–Crippen MR) is 94.1 cm³/mol. The van der Waals surface area contributed by atoms with Crippen molar-refractivity contribution in [3.63, 3.8) is 0 Å². The third-order valence-electron chi connectivity index (χ3n) is 3.31. The number of ether oxygens (including phenoxy) is 2. The summed E-state index contributed by atoms with van der Waals surface area (Å²) in [7, 11) is 3.38. The molecule has 3 rings (SSSR count). The molecule has 0 spiro atoms. The lowest BCUT2D eigenvalue weighted by Crippen LogP contribution is -2.19. The first-order chi connectivity index (χ1) is 11.2. The zero-order valence-corrected chi connectivity index (χ0v) is 14.4. The van der Waals surface area contributed by atoms with Crippen molar-refractivity contribution in [3.8, 4) is 11.5 Å². The molecule has 0 unspecified atom stereocenters. The maximum atomic E-state index is 12.2. The van der Waals surface area contributed by atoms with E-state index >= 15 is 0 Å². The quantitative estimate of drug-likeness (QED) is 0.389. The number of fused-ring (bicyclic) bond motifs is 1. The van der Waals surface area contributed by atoms with Crippen molar-refractivity contribution in [2.45, 2.75) is 5.16 Å². The van der Waals surface area contributed by atoms with E-state index in [9.17, 15) is 4.79 Å². The normalized spacial score (nSPS) is 10.9. The lowest BCUT2D eigenvalue weighted by atomic mass is 10.3. The molecule has 0 fully saturated rings. The molecule has 0 aliphatic heterocycles. The molecular formula is C16H16N2O3S2. The Labute approximate surface area is 141 Å². The highest BCUT2D eigenvalue weighted by atomic mass is 32.2. The van der Waals surface area contributed by atoms with Crippen LogP contribution in [0.15, 0.2) is 45.7 Å². The fraction of sp³-hybridized carbons (Fsp3) is 0.250. The molecular weight excluding hydrogens is 332 g/mol. The molecule has 2 heterocycles. The number of thiophene rings is 1. The molecule has 0 aliphatic rings. The Balaban J connectivity index is 1.60. The van der Waals surface area contributed by atoms with Gasteiger partial charge < -0.3 is 9.47 Å². The zero-order chi connectivity index (χ0) is 16.2. The lowest BCUT2D eigenvalue weighted by molar-refractivity contribution is 0.342. The number of hydrogen-bond donors (Lipinski definition) is 0. The molecule has 2 aromatic heterocycles. The summed E-state index contributed by atoms with van der Waals surface area (Å²) in [6.07, 6.45) is 0. The Bertz CT molecular complexity index is 856. The zero-order valence-electron chi connectivity index (χ0n) is 12.8. The van der Waals surface area contributed by atoms with Gasteiger partial charge in [0.15, 0.2) is 5.16 Å². The molecule has 0 amide bonds. The molecule has 0 radical (unpaired) electrons. The van der Waals surface area contributed by atoms with Crippen molar-refractivity contribution in [1.82, 2.24) is 9.55 Å². The van der Waals surface area contributed by atoms with Crippen molar-refractivity contribution >= 4 is 33.3 Å². The van der Waals surface area contributed by atoms with Gasteiger partial charge in [-0.15, -0.1) is 11.3 Å². The first kappa shape index (κ1) is 15.9. The van der Waals surface area contributed by atoms with E-state index in [0.717, 1.165) is 16.3 Å². The van der Waals surface area contributed by atoms with Gasteiger partial charge in [0.2, 0.25) is 0 Å². The molecule has 5 nitrogen and oxygen atoms in total. The molecule has 0 atom stereocenters. The Morgan fingerprint density at radius 1 is 1.22 bits per heavy atom. The Kier molecular flexibility index (Phi) is 4.88. The van der Waals surface area contributed by atoms with Gasteiger partial charge in [0.05, 0.1) is 19.1 Å². The third kappa shape index (κ3) is 3.51. The highest BCUT2D eigenvalue weighted by molar-refractivity contribution is 7.99. The fourth-order valence-corrected chi connectivity index (χ4v) is 3.67. The van der Waals surface area contributed by atoms with Crippen LogP contribution in [0.25, 0.3) is 10.2 Å². The van der Waals surface area contributed by atoms with Gasteiger partial charge in [-0.05, 0) is 35.7 Å². The van der Waals surface area contributed by atoms with E-state index in [1.807, 2.05) is 35.7 Å². The number of thioether (sulfide) groups is 1. The second-order valence-corrected chi connectivity index (χ2v) is 6.73. The summed E-state index contributed by atoms with van der Waals surface area (Å²) >= 11 is 3.00. The summed E-state index contributed by atoms with van der Waals surface area (Å²) in [4.78, 5) is 17.5. The van der Waals surface area contributed by atoms with Crippen LogP contribution in [0.5, 0.6) is 11.5 Å². The van der Waals surface area contributed by atoms with Crippen LogP contribution >= 0.6 is 23.1 Å². The smallest absolute Gasteiger partial charge is 0.262 e. The first-order valence-electron chi connectivity index (χ1n) is 7.03. The van der Waals surface area contributed by atoms with Crippen LogP contribution in [0.4, 0.5) is 0 Å². The van der Waals surface area contributed by atoms with E-state index < -0.39 is 0 Å². The van der Waals surface area contributed by atoms with Crippen molar-refractivity contribution in [1.29, 1.82) is 0 Å². The van der Waals surface area contributed by atoms with E-state index in [2.05, 4.69) is 4.98 Å². The average molecular weight is 348 g/mol. The summed E-state index contributed by atoms with van der Waals surface area (Å²) in [5.41, 5.74) is -0.00479. The van der Waals surface area contributed by atoms with Crippen molar-refractivity contribution in [2.75, 3.05) is 19.5 Å². The molecule has 0 N–H and O–H groups in total. The van der Waals surface area contributed by atoms with E-state index in [1.54, 1.807) is 18.7 Å². The molecule has 1 aromatic carbocycles. The highest BCUT2D eigenvalue weighted by Crippen LogP contribution is 2.21. The van der Waals surface area contributed by atoms with Crippen LogP contribution in [0.3, 0.4) is 0 Å². The number of nitrogens with zero attached hydrogens (tertiary/aromatic N) is 2. The monoisotopic (exact) mass is 348 g/mol. The number of aromatic nitrogens is 2. The highest BCUT2D eigenvalue weighted by Gasteiger charge is 2.09. The molecule has 0 saturated carbocycles. The maximum absolute atomic E-state index is 12.2. The van der Waals surface area contributed by atoms with Gasteiger partial charge in [-0.1, -0.05) is 11.8 Å². The Morgan fingerprint density at radius 2 is 1.96 bits per heavy atom. The van der Waals surface area contributed by atoms with Crippen LogP contribution < -0.4 is 15.0 Å². The van der Waals surface area contributed by atoms with Gasteiger partial charge in [0, 0.05) is 12.8 Å². The molecule has 7 heteroatoms. The summed E-state index contributed by atoms with van der Waals surface area (Å²) < 4.78 is 12.4. The fourth-order valence-electron chi connectivity index (χ4n) is 2.07. The number of benzene rings is 1. The number of methoxy groups -OCH3 is 1. The van der Waals surface area contributed by atoms with Crippen LogP contribution in [-0.2, 0) is 7.05 Å². The predicted octanol–water partition coefficient (Wildman–Crippen LogP) is 3.17. The van der Waals surface area contributed by atoms with Crippen LogP contribution in [0.1, 0.15) is 0 Å². The summed E-state index contributed by atoms with van der Waals surface area (Å²) in [6.45, 7) is 0.537. The van der Waals surface area contributed by atoms with Crippen LogP contribution in [0.2, 0.25) is 0 Å². The van der Waals surface area contributed by atoms with E-state index in [-0.39, 0.29) is 5.56 Å². The molecule has 120 valence electrons. The number of hydrogen-bond acceptors (Lipinski definition) is 6. The third-order valence-corrected chi connectivity index (χ3v) is 5.11. The molecule has 23 heavy (non-hydrogen) atoms. The molecule has 3 aromatic rings. The first-order valence-corrected chi connectivity index (χ1v) is 8.89. The van der Waals surface area contributed by atoms with E-state index in [1.165, 1.54) is 23.1 Å². The second kappa shape index (κ2) is 7.06. The summed E-state index contributed by atoms with van der Waals surface area (Å²) in [5, 5.41) is 3.28. The van der Waals surface area contributed by atoms with E-state index in [4.69, 9.17) is 9.47 Å².